The van der Waals surface area contributed by atoms with E-state index in [0.29, 0.717) is 12.4 Å². The van der Waals surface area contributed by atoms with Gasteiger partial charge in [0.2, 0.25) is 5.91 Å². The zero-order valence-electron chi connectivity index (χ0n) is 9.50. The second-order valence-electron chi connectivity index (χ2n) is 3.25. The maximum atomic E-state index is 11.6. The molecule has 8 nitrogen and oxygen atoms in total. The second kappa shape index (κ2) is 5.25. The van der Waals surface area contributed by atoms with Crippen LogP contribution in [0.3, 0.4) is 0 Å². The van der Waals surface area contributed by atoms with Crippen molar-refractivity contribution in [2.24, 2.45) is 5.73 Å². The van der Waals surface area contributed by atoms with Crippen molar-refractivity contribution in [3.8, 4) is 0 Å². The minimum Gasteiger partial charge on any atom is -0.368 e. The zero-order chi connectivity index (χ0) is 13.1. The molecule has 96 valence electrons. The van der Waals surface area contributed by atoms with Crippen LogP contribution in [0.4, 0.5) is 0 Å². The first-order valence-corrected chi connectivity index (χ1v) is 6.30. The number of carbonyl (C=O) groups is 1. The topological polar surface area (TPSA) is 116 Å². The quantitative estimate of drug-likeness (QED) is 0.632. The van der Waals surface area contributed by atoms with E-state index in [4.69, 9.17) is 5.73 Å². The summed E-state index contributed by atoms with van der Waals surface area (Å²) in [7, 11) is -3.88. The Kier molecular flexibility index (Phi) is 4.21. The number of nitrogens with zero attached hydrogens (tertiary/aromatic N) is 2. The van der Waals surface area contributed by atoms with E-state index in [0.717, 1.165) is 0 Å². The number of aryl methyl sites for hydroxylation is 2. The smallest absolute Gasteiger partial charge is 0.281 e. The van der Waals surface area contributed by atoms with E-state index >= 15 is 0 Å². The summed E-state index contributed by atoms with van der Waals surface area (Å²) >= 11 is 0. The van der Waals surface area contributed by atoms with Gasteiger partial charge in [-0.05, 0) is 13.8 Å². The summed E-state index contributed by atoms with van der Waals surface area (Å²) in [6, 6.07) is 0. The van der Waals surface area contributed by atoms with Crippen molar-refractivity contribution in [3.63, 3.8) is 0 Å². The minimum absolute atomic E-state index is 0.165. The highest BCUT2D eigenvalue weighted by atomic mass is 32.2. The van der Waals surface area contributed by atoms with Crippen molar-refractivity contribution in [2.45, 2.75) is 25.4 Å². The molecule has 0 saturated heterocycles. The number of primary amides is 1. The lowest BCUT2D eigenvalue weighted by Crippen LogP contribution is -2.29. The first-order valence-electron chi connectivity index (χ1n) is 4.82. The molecule has 0 aromatic carbocycles. The minimum atomic E-state index is -3.88. The van der Waals surface area contributed by atoms with Gasteiger partial charge in [0.1, 0.15) is 12.4 Å². The standard InChI is InChI=1S/C8H14N4O4S/c1-3-12-4-8(10-6(12)2)17(14,15)11-16-5-7(9)13/h4,11H,3,5H2,1-2H3,(H2,9,13). The third-order valence-electron chi connectivity index (χ3n) is 1.95. The molecule has 1 aromatic rings. The maximum Gasteiger partial charge on any atom is 0.281 e. The van der Waals surface area contributed by atoms with Gasteiger partial charge in [0, 0.05) is 12.7 Å². The Labute approximate surface area is 98.8 Å². The lowest BCUT2D eigenvalue weighted by molar-refractivity contribution is -0.123. The highest BCUT2D eigenvalue weighted by Gasteiger charge is 2.19. The van der Waals surface area contributed by atoms with Crippen LogP contribution in [0.25, 0.3) is 0 Å². The van der Waals surface area contributed by atoms with Gasteiger partial charge in [-0.3, -0.25) is 9.63 Å². The maximum absolute atomic E-state index is 11.6. The van der Waals surface area contributed by atoms with Crippen LogP contribution in [0.15, 0.2) is 11.2 Å². The van der Waals surface area contributed by atoms with Crippen LogP contribution in [0, 0.1) is 6.92 Å². The third kappa shape index (κ3) is 3.51. The number of nitrogens with one attached hydrogen (secondary N) is 1. The average molecular weight is 262 g/mol. The molecular formula is C8H14N4O4S. The Morgan fingerprint density at radius 2 is 2.29 bits per heavy atom. The number of sulfonamides is 1. The molecule has 0 radical (unpaired) electrons. The molecule has 1 rings (SSSR count). The number of amides is 1. The first kappa shape index (κ1) is 13.6. The van der Waals surface area contributed by atoms with Crippen LogP contribution < -0.4 is 10.6 Å². The Morgan fingerprint density at radius 1 is 1.65 bits per heavy atom. The van der Waals surface area contributed by atoms with Gasteiger partial charge in [-0.2, -0.15) is 0 Å². The Morgan fingerprint density at radius 3 is 2.76 bits per heavy atom. The summed E-state index contributed by atoms with van der Waals surface area (Å²) in [6.07, 6.45) is 1.38. The molecule has 0 unspecified atom stereocenters. The predicted molar refractivity (Wildman–Crippen MR) is 58.1 cm³/mol. The van der Waals surface area contributed by atoms with E-state index < -0.39 is 22.5 Å². The largest absolute Gasteiger partial charge is 0.368 e. The van der Waals surface area contributed by atoms with Gasteiger partial charge in [-0.25, -0.2) is 13.4 Å². The van der Waals surface area contributed by atoms with Crippen LogP contribution in [-0.4, -0.2) is 30.5 Å². The van der Waals surface area contributed by atoms with Crippen molar-refractivity contribution in [1.29, 1.82) is 0 Å². The van der Waals surface area contributed by atoms with E-state index in [9.17, 15) is 13.2 Å². The summed E-state index contributed by atoms with van der Waals surface area (Å²) in [6.45, 7) is 3.62. The van der Waals surface area contributed by atoms with Gasteiger partial charge in [0.25, 0.3) is 10.0 Å². The van der Waals surface area contributed by atoms with Crippen LogP contribution in [-0.2, 0) is 26.2 Å². The molecule has 0 fully saturated rings. The molecule has 0 bridgehead atoms. The van der Waals surface area contributed by atoms with Gasteiger partial charge >= 0.3 is 0 Å². The molecule has 9 heteroatoms. The van der Waals surface area contributed by atoms with E-state index in [1.807, 2.05) is 6.92 Å². The van der Waals surface area contributed by atoms with Crippen LogP contribution >= 0.6 is 0 Å². The summed E-state index contributed by atoms with van der Waals surface area (Å²) < 4.78 is 24.9. The van der Waals surface area contributed by atoms with E-state index in [1.54, 1.807) is 16.4 Å². The van der Waals surface area contributed by atoms with Gasteiger partial charge in [-0.1, -0.05) is 4.89 Å². The zero-order valence-corrected chi connectivity index (χ0v) is 10.3. The van der Waals surface area contributed by atoms with Crippen LogP contribution in [0.2, 0.25) is 0 Å². The van der Waals surface area contributed by atoms with Gasteiger partial charge in [0.05, 0.1) is 0 Å². The average Bonchev–Trinajstić information content (AvgIpc) is 2.59. The number of aromatic nitrogens is 2. The lowest BCUT2D eigenvalue weighted by atomic mass is 10.6. The summed E-state index contributed by atoms with van der Waals surface area (Å²) in [5.74, 6) is -0.203. The molecule has 1 heterocycles. The number of rotatable bonds is 6. The third-order valence-corrected chi connectivity index (χ3v) is 3.04. The van der Waals surface area contributed by atoms with E-state index in [1.165, 1.54) is 6.20 Å². The molecule has 17 heavy (non-hydrogen) atoms. The van der Waals surface area contributed by atoms with Crippen molar-refractivity contribution < 1.29 is 18.0 Å². The van der Waals surface area contributed by atoms with Crippen molar-refractivity contribution >= 4 is 15.9 Å². The van der Waals surface area contributed by atoms with Crippen LogP contribution in [0.5, 0.6) is 0 Å². The molecule has 0 aliphatic rings. The highest BCUT2D eigenvalue weighted by Crippen LogP contribution is 2.08. The number of nitrogens with two attached hydrogens (primary N) is 1. The summed E-state index contributed by atoms with van der Waals surface area (Å²) in [5, 5.41) is -0.165. The van der Waals surface area contributed by atoms with E-state index in [-0.39, 0.29) is 5.03 Å². The Bertz CT molecular complexity index is 508. The predicted octanol–water partition coefficient (Wildman–Crippen LogP) is -1.09. The highest BCUT2D eigenvalue weighted by molar-refractivity contribution is 7.89. The first-order chi connectivity index (χ1) is 7.86. The van der Waals surface area contributed by atoms with Crippen LogP contribution in [0.1, 0.15) is 12.7 Å². The van der Waals surface area contributed by atoms with E-state index in [2.05, 4.69) is 9.82 Å². The normalized spacial score (nSPS) is 11.6. The molecule has 3 N–H and O–H groups in total. The molecule has 0 saturated carbocycles. The molecule has 0 atom stereocenters. The van der Waals surface area contributed by atoms with Gasteiger partial charge in [0.15, 0.2) is 5.03 Å². The Hall–Kier alpha value is -1.45. The van der Waals surface area contributed by atoms with Crippen molar-refractivity contribution in [2.75, 3.05) is 6.61 Å². The molecule has 1 amide bonds. The van der Waals surface area contributed by atoms with Gasteiger partial charge < -0.3 is 10.3 Å². The fourth-order valence-corrected chi connectivity index (χ4v) is 1.97. The SMILES string of the molecule is CCn1cc(S(=O)(=O)NOCC(N)=O)nc1C. The molecule has 0 aliphatic heterocycles. The second-order valence-corrected chi connectivity index (χ2v) is 4.85. The summed E-state index contributed by atoms with van der Waals surface area (Å²) in [5.41, 5.74) is 4.79. The molecule has 0 spiro atoms. The lowest BCUT2D eigenvalue weighted by Gasteiger charge is -2.02. The number of hydrogen-bond acceptors (Lipinski definition) is 5. The van der Waals surface area contributed by atoms with Crippen molar-refractivity contribution in [1.82, 2.24) is 14.4 Å². The van der Waals surface area contributed by atoms with Crippen molar-refractivity contribution in [3.05, 3.63) is 12.0 Å². The molecule has 0 aliphatic carbocycles. The number of carbonyl (C=O) groups excluding carboxylic acids is 1. The molecule has 1 aromatic heterocycles. The Balaban J connectivity index is 2.79. The monoisotopic (exact) mass is 262 g/mol. The fourth-order valence-electron chi connectivity index (χ4n) is 1.15. The number of hydrogen-bond donors (Lipinski definition) is 2. The summed E-state index contributed by atoms with van der Waals surface area (Å²) in [4.78, 5) is 20.4. The fraction of sp³-hybridized carbons (Fsp3) is 0.500. The number of imidazole rings is 1. The van der Waals surface area contributed by atoms with Gasteiger partial charge in [-0.15, -0.1) is 0 Å². The molecular weight excluding hydrogens is 248 g/mol.